The predicted molar refractivity (Wildman–Crippen MR) is 317 cm³/mol. The molecule has 0 aliphatic heterocycles. The molecule has 0 fully saturated rings. The van der Waals surface area contributed by atoms with Crippen molar-refractivity contribution in [1.82, 2.24) is 14.5 Å². The van der Waals surface area contributed by atoms with Gasteiger partial charge >= 0.3 is 0 Å². The van der Waals surface area contributed by atoms with Gasteiger partial charge in [0.2, 0.25) is 0 Å². The molecule has 0 spiro atoms. The van der Waals surface area contributed by atoms with E-state index in [1.54, 1.807) is 0 Å². The van der Waals surface area contributed by atoms with E-state index in [0.29, 0.717) is 28.1 Å². The van der Waals surface area contributed by atoms with Crippen molar-refractivity contribution < 1.29 is 30.3 Å². The summed E-state index contributed by atoms with van der Waals surface area (Å²) in [5.41, 5.74) is 16.8. The maximum atomic E-state index is 12.7. The summed E-state index contributed by atoms with van der Waals surface area (Å²) in [6.07, 6.45) is 1.86. The molecule has 0 saturated heterocycles. The topological polar surface area (TPSA) is 50.9 Å². The SMILES string of the molecule is [2H]C([2H])([2H])c1cc(-c2c(-c3ccccc3)cccc2C(C)(C)C)ccc1-n1c(-c2cc(C(C)(C)C)cc(C(C)(C)C)c2O)nc2c(-c3[c-]c(-c4cc(-c5ccc(-c6ccccc6)cc5)ccn4)cc(C(C)(C)C)c3)cccc21.[Pt]. The molecule has 5 heteroatoms. The van der Waals surface area contributed by atoms with Crippen LogP contribution in [0.3, 0.4) is 0 Å². The molecule has 10 aromatic rings. The third-order valence-corrected chi connectivity index (χ3v) is 14.6. The Kier molecular flexibility index (Phi) is 13.4. The summed E-state index contributed by atoms with van der Waals surface area (Å²) in [4.78, 5) is 10.6. The number of hydrogen-bond donors (Lipinski definition) is 1. The number of fused-ring (bicyclic) bond motifs is 1. The minimum Gasteiger partial charge on any atom is -0.507 e. The Morgan fingerprint density at radius 3 is 1.67 bits per heavy atom. The number of pyridine rings is 1. The van der Waals surface area contributed by atoms with Crippen LogP contribution in [-0.2, 0) is 42.7 Å². The Morgan fingerprint density at radius 2 is 1.04 bits per heavy atom. The number of nitrogens with zero attached hydrogens (tertiary/aromatic N) is 3. The second-order valence-corrected chi connectivity index (χ2v) is 24.3. The zero-order valence-electron chi connectivity index (χ0n) is 48.9. The number of rotatable bonds is 8. The Morgan fingerprint density at radius 1 is 0.474 bits per heavy atom. The number of benzene rings is 8. The first-order valence-electron chi connectivity index (χ1n) is 27.7. The molecule has 0 aliphatic carbocycles. The first-order valence-corrected chi connectivity index (χ1v) is 26.2. The summed E-state index contributed by atoms with van der Waals surface area (Å²) in [5, 5.41) is 12.7. The van der Waals surface area contributed by atoms with Gasteiger partial charge in [-0.3, -0.25) is 9.55 Å². The van der Waals surface area contributed by atoms with Crippen molar-refractivity contribution in [2.24, 2.45) is 0 Å². The normalized spacial score (nSPS) is 13.0. The fraction of sp³-hybridized carbons (Fsp3) is 0.239. The molecular weight excluding hydrogens is 1110 g/mol. The molecule has 4 nitrogen and oxygen atoms in total. The van der Waals surface area contributed by atoms with Gasteiger partial charge in [0.1, 0.15) is 11.6 Å². The maximum absolute atomic E-state index is 12.7. The smallest absolute Gasteiger partial charge is 0.148 e. The molecule has 0 unspecified atom stereocenters. The van der Waals surface area contributed by atoms with E-state index in [2.05, 4.69) is 204 Å². The van der Waals surface area contributed by atoms with E-state index >= 15 is 0 Å². The van der Waals surface area contributed by atoms with Crippen molar-refractivity contribution >= 4 is 11.0 Å². The van der Waals surface area contributed by atoms with Gasteiger partial charge in [-0.2, -0.15) is 0 Å². The van der Waals surface area contributed by atoms with Gasteiger partial charge in [-0.15, -0.1) is 29.3 Å². The van der Waals surface area contributed by atoms with Crippen molar-refractivity contribution in [3.05, 3.63) is 216 Å². The number of phenolic OH excluding ortho intramolecular Hbond substituents is 1. The van der Waals surface area contributed by atoms with Gasteiger partial charge in [-0.25, -0.2) is 4.98 Å². The van der Waals surface area contributed by atoms with Gasteiger partial charge in [-0.05, 0) is 120 Å². The number of imidazole rings is 1. The summed E-state index contributed by atoms with van der Waals surface area (Å²) >= 11 is 0. The molecule has 2 aromatic heterocycles. The largest absolute Gasteiger partial charge is 0.507 e. The number of hydrogen-bond acceptors (Lipinski definition) is 3. The van der Waals surface area contributed by atoms with Crippen molar-refractivity contribution in [1.29, 1.82) is 0 Å². The molecule has 76 heavy (non-hydrogen) atoms. The number of para-hydroxylation sites is 1. The van der Waals surface area contributed by atoms with E-state index in [1.165, 1.54) is 5.56 Å². The van der Waals surface area contributed by atoms with Gasteiger partial charge in [0, 0.05) is 42.6 Å². The molecule has 386 valence electrons. The van der Waals surface area contributed by atoms with Crippen molar-refractivity contribution in [3.63, 3.8) is 0 Å². The van der Waals surface area contributed by atoms with Crippen molar-refractivity contribution in [2.45, 2.75) is 112 Å². The van der Waals surface area contributed by atoms with Gasteiger partial charge in [0.05, 0.1) is 22.3 Å². The number of aromatic hydroxyl groups is 1. The number of phenols is 1. The van der Waals surface area contributed by atoms with Crippen LogP contribution in [0.2, 0.25) is 0 Å². The van der Waals surface area contributed by atoms with Crippen LogP contribution < -0.4 is 0 Å². The third-order valence-electron chi connectivity index (χ3n) is 14.6. The fourth-order valence-corrected chi connectivity index (χ4v) is 10.3. The first kappa shape index (κ1) is 49.7. The molecule has 0 radical (unpaired) electrons. The van der Waals surface area contributed by atoms with Crippen LogP contribution in [0.5, 0.6) is 5.75 Å². The molecule has 0 saturated carbocycles. The molecule has 0 aliphatic rings. The van der Waals surface area contributed by atoms with Crippen molar-refractivity contribution in [2.75, 3.05) is 0 Å². The average molecular weight is 1180 g/mol. The molecule has 0 bridgehead atoms. The van der Waals surface area contributed by atoms with Crippen LogP contribution in [0.25, 0.3) is 95.0 Å². The summed E-state index contributed by atoms with van der Waals surface area (Å²) in [6.45, 7) is 23.5. The maximum Gasteiger partial charge on any atom is 0.148 e. The molecule has 10 rings (SSSR count). The van der Waals surface area contributed by atoms with E-state index in [0.717, 1.165) is 83.6 Å². The molecule has 2 heterocycles. The summed E-state index contributed by atoms with van der Waals surface area (Å²) in [7, 11) is 0. The Labute approximate surface area is 470 Å². The quantitative estimate of drug-likeness (QED) is 0.154. The minimum atomic E-state index is -2.57. The van der Waals surface area contributed by atoms with E-state index in [-0.39, 0.29) is 48.6 Å². The Hall–Kier alpha value is -7.13. The van der Waals surface area contributed by atoms with E-state index in [1.807, 2.05) is 71.4 Å². The van der Waals surface area contributed by atoms with Gasteiger partial charge in [0.25, 0.3) is 0 Å². The minimum absolute atomic E-state index is 0. The van der Waals surface area contributed by atoms with Crippen LogP contribution in [0.4, 0.5) is 0 Å². The van der Waals surface area contributed by atoms with Gasteiger partial charge in [-0.1, -0.05) is 228 Å². The number of aryl methyl sites for hydroxylation is 1. The first-order chi connectivity index (χ1) is 36.8. The zero-order valence-corrected chi connectivity index (χ0v) is 48.2. The second-order valence-electron chi connectivity index (χ2n) is 24.3. The Bertz CT molecular complexity index is 3870. The van der Waals surface area contributed by atoms with Crippen LogP contribution in [0.15, 0.2) is 182 Å². The van der Waals surface area contributed by atoms with E-state index in [9.17, 15) is 9.22 Å². The molecule has 0 atom stereocenters. The summed E-state index contributed by atoms with van der Waals surface area (Å²) < 4.78 is 30.0. The molecule has 1 N–H and O–H groups in total. The third kappa shape index (κ3) is 10.5. The number of aromatic nitrogens is 3. The summed E-state index contributed by atoms with van der Waals surface area (Å²) in [5.74, 6) is 0.543. The second kappa shape index (κ2) is 20.4. The zero-order chi connectivity index (χ0) is 55.7. The van der Waals surface area contributed by atoms with Gasteiger partial charge in [0.15, 0.2) is 0 Å². The van der Waals surface area contributed by atoms with Crippen LogP contribution in [0.1, 0.15) is 115 Å². The average Bonchev–Trinajstić information content (AvgIpc) is 3.82. The van der Waals surface area contributed by atoms with E-state index in [4.69, 9.17) is 9.97 Å². The predicted octanol–water partition coefficient (Wildman–Crippen LogP) is 19.1. The molecule has 0 amide bonds. The standard InChI is InChI=1S/C71H70N3O.Pt/c1-45-38-51(64-56(49-24-18-15-19-25-49)26-20-28-59(64)70(8,9)10)34-35-62(45)74-63-29-21-27-57(65(63)73-67(74)58-43-55(69(5,6)7)44-60(66(58)75)71(11,12)13)52-39-53(41-54(40-52)68(2,3)4)61-42-50(36-37-72-61)48-32-30-47(31-33-48)46-22-16-14-17-23-46;/h14-38,40-44,75H,1-13H3;/q-1;/i1D3;. The Balaban J connectivity index is 0.00000757. The van der Waals surface area contributed by atoms with Crippen molar-refractivity contribution in [3.8, 4) is 89.7 Å². The monoisotopic (exact) mass is 1180 g/mol. The summed E-state index contributed by atoms with van der Waals surface area (Å²) in [6, 6.07) is 64.2. The van der Waals surface area contributed by atoms with Gasteiger partial charge < -0.3 is 5.11 Å². The molecular formula is C71H70N3OPt-. The molecule has 8 aromatic carbocycles. The fourth-order valence-electron chi connectivity index (χ4n) is 10.3. The van der Waals surface area contributed by atoms with E-state index < -0.39 is 12.3 Å². The van der Waals surface area contributed by atoms with Crippen LogP contribution >= 0.6 is 0 Å². The van der Waals surface area contributed by atoms with Crippen LogP contribution in [-0.4, -0.2) is 19.6 Å². The van der Waals surface area contributed by atoms with Crippen LogP contribution in [0, 0.1) is 12.9 Å².